The highest BCUT2D eigenvalue weighted by atomic mass is 32.1. The zero-order valence-corrected chi connectivity index (χ0v) is 13.7. The summed E-state index contributed by atoms with van der Waals surface area (Å²) in [5.41, 5.74) is 0. The van der Waals surface area contributed by atoms with Crippen LogP contribution in [0.4, 0.5) is 4.39 Å². The number of halogens is 1. The van der Waals surface area contributed by atoms with E-state index in [9.17, 15) is 4.39 Å². The lowest BCUT2D eigenvalue weighted by molar-refractivity contribution is 0.226. The number of rotatable bonds is 4. The Hall–Kier alpha value is -0.930. The molecule has 1 atom stereocenters. The molecule has 2 aromatic rings. The van der Waals surface area contributed by atoms with E-state index in [2.05, 4.69) is 25.4 Å². The van der Waals surface area contributed by atoms with Gasteiger partial charge in [-0.2, -0.15) is 0 Å². The Morgan fingerprint density at radius 1 is 1.24 bits per heavy atom. The Morgan fingerprint density at radius 2 is 2.00 bits per heavy atom. The zero-order valence-electron chi connectivity index (χ0n) is 12.9. The topological polar surface area (TPSA) is 12.0 Å². The fraction of sp³-hybridized carbons (Fsp3) is 0.556. The maximum atomic E-state index is 13.4. The lowest BCUT2D eigenvalue weighted by atomic mass is 9.77. The van der Waals surface area contributed by atoms with Crippen molar-refractivity contribution in [1.82, 2.24) is 5.32 Å². The van der Waals surface area contributed by atoms with Crippen molar-refractivity contribution in [3.05, 3.63) is 35.0 Å². The van der Waals surface area contributed by atoms with Crippen LogP contribution in [-0.4, -0.2) is 7.05 Å². The second-order valence-corrected chi connectivity index (χ2v) is 7.40. The van der Waals surface area contributed by atoms with Gasteiger partial charge in [0, 0.05) is 15.6 Å². The zero-order chi connectivity index (χ0) is 14.8. The predicted octanol–water partition coefficient (Wildman–Crippen LogP) is 5.52. The minimum absolute atomic E-state index is 0.142. The molecule has 1 aromatic heterocycles. The van der Waals surface area contributed by atoms with Crippen molar-refractivity contribution in [2.45, 2.75) is 45.1 Å². The third-order valence-electron chi connectivity index (χ3n) is 5.06. The van der Waals surface area contributed by atoms with Gasteiger partial charge in [0.05, 0.1) is 0 Å². The van der Waals surface area contributed by atoms with Crippen LogP contribution in [0.1, 0.15) is 49.9 Å². The summed E-state index contributed by atoms with van der Waals surface area (Å²) in [5, 5.41) is 4.55. The summed E-state index contributed by atoms with van der Waals surface area (Å²) in [6, 6.07) is 7.71. The third kappa shape index (κ3) is 3.14. The summed E-state index contributed by atoms with van der Waals surface area (Å²) in [5.74, 6) is 1.50. The van der Waals surface area contributed by atoms with Crippen LogP contribution >= 0.6 is 11.3 Å². The molecule has 1 saturated carbocycles. The maximum Gasteiger partial charge on any atom is 0.123 e. The minimum atomic E-state index is -0.142. The number of hydrogen-bond acceptors (Lipinski definition) is 2. The molecule has 1 aromatic carbocycles. The molecule has 114 valence electrons. The largest absolute Gasteiger partial charge is 0.312 e. The fourth-order valence-electron chi connectivity index (χ4n) is 3.73. The van der Waals surface area contributed by atoms with E-state index in [1.54, 1.807) is 12.1 Å². The van der Waals surface area contributed by atoms with Gasteiger partial charge in [-0.05, 0) is 61.4 Å². The number of hydrogen-bond donors (Lipinski definition) is 1. The molecule has 0 radical (unpaired) electrons. The van der Waals surface area contributed by atoms with Gasteiger partial charge in [0.2, 0.25) is 0 Å². The molecule has 0 bridgehead atoms. The summed E-state index contributed by atoms with van der Waals surface area (Å²) < 4.78 is 14.5. The van der Waals surface area contributed by atoms with Gasteiger partial charge in [-0.3, -0.25) is 0 Å². The first kappa shape index (κ1) is 15.0. The van der Waals surface area contributed by atoms with Crippen LogP contribution in [-0.2, 0) is 0 Å². The predicted molar refractivity (Wildman–Crippen MR) is 89.3 cm³/mol. The number of benzene rings is 1. The first-order chi connectivity index (χ1) is 10.2. The molecule has 0 saturated heterocycles. The molecule has 3 rings (SSSR count). The first-order valence-corrected chi connectivity index (χ1v) is 8.89. The van der Waals surface area contributed by atoms with E-state index in [0.29, 0.717) is 6.04 Å². The molecule has 3 heteroatoms. The van der Waals surface area contributed by atoms with Gasteiger partial charge in [-0.25, -0.2) is 4.39 Å². The van der Waals surface area contributed by atoms with Crippen molar-refractivity contribution < 1.29 is 4.39 Å². The molecule has 1 N–H and O–H groups in total. The van der Waals surface area contributed by atoms with Crippen LogP contribution < -0.4 is 5.32 Å². The Morgan fingerprint density at radius 3 is 2.67 bits per heavy atom. The fourth-order valence-corrected chi connectivity index (χ4v) is 4.98. The van der Waals surface area contributed by atoms with E-state index >= 15 is 0 Å². The Kier molecular flexibility index (Phi) is 4.60. The van der Waals surface area contributed by atoms with E-state index in [4.69, 9.17) is 0 Å². The van der Waals surface area contributed by atoms with Crippen LogP contribution in [0.5, 0.6) is 0 Å². The molecule has 1 aliphatic carbocycles. The van der Waals surface area contributed by atoms with Crippen LogP contribution in [0.2, 0.25) is 0 Å². The van der Waals surface area contributed by atoms with E-state index in [-0.39, 0.29) is 5.82 Å². The molecular weight excluding hydrogens is 281 g/mol. The summed E-state index contributed by atoms with van der Waals surface area (Å²) in [4.78, 5) is 1.36. The van der Waals surface area contributed by atoms with E-state index in [1.807, 2.05) is 17.4 Å². The van der Waals surface area contributed by atoms with Crippen molar-refractivity contribution in [3.8, 4) is 0 Å². The SMILES string of the molecule is CCC1CCC(C(NC)c2cc3cc(F)ccc3s2)CC1. The van der Waals surface area contributed by atoms with Gasteiger partial charge in [-0.1, -0.05) is 26.2 Å². The molecule has 1 unspecified atom stereocenters. The van der Waals surface area contributed by atoms with Crippen LogP contribution in [0.15, 0.2) is 24.3 Å². The van der Waals surface area contributed by atoms with Gasteiger partial charge in [0.1, 0.15) is 5.82 Å². The summed E-state index contributed by atoms with van der Waals surface area (Å²) in [7, 11) is 2.06. The third-order valence-corrected chi connectivity index (χ3v) is 6.25. The molecule has 21 heavy (non-hydrogen) atoms. The van der Waals surface area contributed by atoms with Gasteiger partial charge in [0.15, 0.2) is 0 Å². The van der Waals surface area contributed by atoms with Gasteiger partial charge in [-0.15, -0.1) is 11.3 Å². The van der Waals surface area contributed by atoms with Gasteiger partial charge < -0.3 is 5.32 Å². The monoisotopic (exact) mass is 305 g/mol. The Balaban J connectivity index is 1.81. The van der Waals surface area contributed by atoms with Gasteiger partial charge >= 0.3 is 0 Å². The van der Waals surface area contributed by atoms with Gasteiger partial charge in [0.25, 0.3) is 0 Å². The molecule has 1 heterocycles. The average Bonchev–Trinajstić information content (AvgIpc) is 2.91. The summed E-state index contributed by atoms with van der Waals surface area (Å²) in [6.45, 7) is 2.31. The Bertz CT molecular complexity index is 598. The average molecular weight is 305 g/mol. The molecule has 0 spiro atoms. The van der Waals surface area contributed by atoms with Crippen LogP contribution in [0, 0.1) is 17.7 Å². The molecule has 1 fully saturated rings. The normalized spacial score (nSPS) is 24.3. The van der Waals surface area contributed by atoms with Crippen molar-refractivity contribution in [3.63, 3.8) is 0 Å². The lowest BCUT2D eigenvalue weighted by Gasteiger charge is -2.33. The maximum absolute atomic E-state index is 13.4. The highest BCUT2D eigenvalue weighted by Gasteiger charge is 2.28. The van der Waals surface area contributed by atoms with Crippen molar-refractivity contribution >= 4 is 21.4 Å². The highest BCUT2D eigenvalue weighted by molar-refractivity contribution is 7.19. The first-order valence-electron chi connectivity index (χ1n) is 8.07. The molecule has 0 amide bonds. The lowest BCUT2D eigenvalue weighted by Crippen LogP contribution is -2.28. The van der Waals surface area contributed by atoms with E-state index in [1.165, 1.54) is 41.7 Å². The Labute approximate surface area is 130 Å². The second-order valence-electron chi connectivity index (χ2n) is 6.29. The summed E-state index contributed by atoms with van der Waals surface area (Å²) in [6.07, 6.45) is 6.66. The number of fused-ring (bicyclic) bond motifs is 1. The molecule has 1 aliphatic rings. The molecular formula is C18H24FNS. The van der Waals surface area contributed by atoms with E-state index < -0.39 is 0 Å². The number of thiophene rings is 1. The van der Waals surface area contributed by atoms with Crippen molar-refractivity contribution in [2.24, 2.45) is 11.8 Å². The summed E-state index contributed by atoms with van der Waals surface area (Å²) >= 11 is 1.81. The number of nitrogens with one attached hydrogen (secondary N) is 1. The van der Waals surface area contributed by atoms with Crippen molar-refractivity contribution in [1.29, 1.82) is 0 Å². The quantitative estimate of drug-likeness (QED) is 0.784. The molecule has 1 nitrogen and oxygen atoms in total. The standard InChI is InChI=1S/C18H24FNS/c1-3-12-4-6-13(7-5-12)18(20-2)17-11-14-10-15(19)8-9-16(14)21-17/h8-13,18,20H,3-7H2,1-2H3. The van der Waals surface area contributed by atoms with Crippen LogP contribution in [0.25, 0.3) is 10.1 Å². The smallest absolute Gasteiger partial charge is 0.123 e. The molecule has 0 aliphatic heterocycles. The highest BCUT2D eigenvalue weighted by Crippen LogP contribution is 2.41. The second kappa shape index (κ2) is 6.45. The minimum Gasteiger partial charge on any atom is -0.312 e. The van der Waals surface area contributed by atoms with Crippen molar-refractivity contribution in [2.75, 3.05) is 7.05 Å². The van der Waals surface area contributed by atoms with Crippen LogP contribution in [0.3, 0.4) is 0 Å². The van der Waals surface area contributed by atoms with E-state index in [0.717, 1.165) is 17.2 Å².